The lowest BCUT2D eigenvalue weighted by Gasteiger charge is -2.15. The van der Waals surface area contributed by atoms with Crippen molar-refractivity contribution in [2.24, 2.45) is 0 Å². The normalized spacial score (nSPS) is 10.7. The van der Waals surface area contributed by atoms with Crippen LogP contribution in [0.25, 0.3) is 10.9 Å². The van der Waals surface area contributed by atoms with E-state index in [-0.39, 0.29) is 17.7 Å². The van der Waals surface area contributed by atoms with Crippen LogP contribution in [0, 0.1) is 0 Å². The van der Waals surface area contributed by atoms with Crippen molar-refractivity contribution in [3.63, 3.8) is 0 Å². The van der Waals surface area contributed by atoms with Crippen molar-refractivity contribution in [1.29, 1.82) is 0 Å². The maximum Gasteiger partial charge on any atom is 0.305 e. The Bertz CT molecular complexity index is 1260. The maximum absolute atomic E-state index is 13.1. The lowest BCUT2D eigenvalue weighted by atomic mass is 10.1. The summed E-state index contributed by atoms with van der Waals surface area (Å²) in [5, 5.41) is 0.397. The van der Waals surface area contributed by atoms with Crippen LogP contribution in [-0.4, -0.2) is 29.8 Å². The molecule has 0 aliphatic heterocycles. The molecule has 0 fully saturated rings. The zero-order chi connectivity index (χ0) is 21.1. The number of hydrogen-bond donors (Lipinski definition) is 1. The number of aromatic nitrogens is 2. The van der Waals surface area contributed by atoms with Crippen molar-refractivity contribution in [2.75, 3.05) is 19.6 Å². The van der Waals surface area contributed by atoms with Gasteiger partial charge in [0.25, 0.3) is 5.56 Å². The third kappa shape index (κ3) is 3.62. The fourth-order valence-corrected chi connectivity index (χ4v) is 3.15. The number of carbonyl (C=O) groups is 1. The average molecular weight is 405 g/mol. The minimum atomic E-state index is -0.548. The van der Waals surface area contributed by atoms with E-state index in [0.29, 0.717) is 28.2 Å². The SMILES string of the molecule is COc1ccc(Cc2nc3ccccc3c(=O)n2NC(=O)c2ccco2)cc1OC. The molecule has 2 aromatic heterocycles. The zero-order valence-electron chi connectivity index (χ0n) is 16.4. The van der Waals surface area contributed by atoms with Crippen LogP contribution in [0.5, 0.6) is 11.5 Å². The van der Waals surface area contributed by atoms with Crippen LogP contribution in [-0.2, 0) is 6.42 Å². The van der Waals surface area contributed by atoms with Crippen molar-refractivity contribution in [3.8, 4) is 11.5 Å². The molecular weight excluding hydrogens is 386 g/mol. The number of rotatable bonds is 6. The van der Waals surface area contributed by atoms with Crippen molar-refractivity contribution >= 4 is 16.8 Å². The van der Waals surface area contributed by atoms with Gasteiger partial charge in [-0.2, -0.15) is 0 Å². The Hall–Kier alpha value is -4.07. The second-order valence-electron chi connectivity index (χ2n) is 6.47. The molecule has 4 rings (SSSR count). The third-order valence-electron chi connectivity index (χ3n) is 4.61. The van der Waals surface area contributed by atoms with Gasteiger partial charge in [0.2, 0.25) is 0 Å². The van der Waals surface area contributed by atoms with E-state index in [1.54, 1.807) is 56.7 Å². The molecule has 0 atom stereocenters. The molecule has 1 N–H and O–H groups in total. The molecule has 8 nitrogen and oxygen atoms in total. The van der Waals surface area contributed by atoms with Crippen LogP contribution in [0.2, 0.25) is 0 Å². The first-order valence-corrected chi connectivity index (χ1v) is 9.17. The van der Waals surface area contributed by atoms with Crippen molar-refractivity contribution < 1.29 is 18.7 Å². The first-order chi connectivity index (χ1) is 14.6. The number of hydrogen-bond acceptors (Lipinski definition) is 6. The number of furan rings is 1. The van der Waals surface area contributed by atoms with Gasteiger partial charge < -0.3 is 13.9 Å². The molecule has 2 heterocycles. The second kappa shape index (κ2) is 8.12. The molecule has 0 saturated heterocycles. The Labute approximate surface area is 171 Å². The molecule has 0 bridgehead atoms. The molecule has 152 valence electrons. The Morgan fingerprint density at radius 3 is 2.60 bits per heavy atom. The molecular formula is C22H19N3O5. The van der Waals surface area contributed by atoms with Gasteiger partial charge in [0.1, 0.15) is 5.82 Å². The lowest BCUT2D eigenvalue weighted by Crippen LogP contribution is -2.36. The zero-order valence-corrected chi connectivity index (χ0v) is 16.4. The minimum Gasteiger partial charge on any atom is -0.493 e. The van der Waals surface area contributed by atoms with Gasteiger partial charge in [-0.15, -0.1) is 0 Å². The largest absolute Gasteiger partial charge is 0.493 e. The number of para-hydroxylation sites is 1. The van der Waals surface area contributed by atoms with E-state index in [0.717, 1.165) is 10.2 Å². The number of nitrogens with zero attached hydrogens (tertiary/aromatic N) is 2. The van der Waals surface area contributed by atoms with Gasteiger partial charge in [0.15, 0.2) is 17.3 Å². The predicted molar refractivity (Wildman–Crippen MR) is 111 cm³/mol. The summed E-state index contributed by atoms with van der Waals surface area (Å²) < 4.78 is 16.9. The Morgan fingerprint density at radius 2 is 1.87 bits per heavy atom. The fraction of sp³-hybridized carbons (Fsp3) is 0.136. The highest BCUT2D eigenvalue weighted by atomic mass is 16.5. The third-order valence-corrected chi connectivity index (χ3v) is 4.61. The van der Waals surface area contributed by atoms with E-state index >= 15 is 0 Å². The van der Waals surface area contributed by atoms with Gasteiger partial charge in [-0.1, -0.05) is 18.2 Å². The molecule has 30 heavy (non-hydrogen) atoms. The summed E-state index contributed by atoms with van der Waals surface area (Å²) in [5.41, 5.74) is 3.59. The number of carbonyl (C=O) groups excluding carboxylic acids is 1. The quantitative estimate of drug-likeness (QED) is 0.530. The molecule has 0 unspecified atom stereocenters. The Balaban J connectivity index is 1.79. The first-order valence-electron chi connectivity index (χ1n) is 9.17. The smallest absolute Gasteiger partial charge is 0.305 e. The molecule has 4 aromatic rings. The summed E-state index contributed by atoms with van der Waals surface area (Å²) in [7, 11) is 3.11. The van der Waals surface area contributed by atoms with Gasteiger partial charge in [-0.05, 0) is 42.0 Å². The lowest BCUT2D eigenvalue weighted by molar-refractivity contribution is 0.0980. The number of methoxy groups -OCH3 is 2. The topological polar surface area (TPSA) is 95.6 Å². The van der Waals surface area contributed by atoms with E-state index in [4.69, 9.17) is 13.9 Å². The van der Waals surface area contributed by atoms with Crippen molar-refractivity contribution in [3.05, 3.63) is 88.4 Å². The number of ether oxygens (including phenoxy) is 2. The van der Waals surface area contributed by atoms with Crippen molar-refractivity contribution in [2.45, 2.75) is 6.42 Å². The van der Waals surface area contributed by atoms with E-state index in [9.17, 15) is 9.59 Å². The Morgan fingerprint density at radius 1 is 1.07 bits per heavy atom. The van der Waals surface area contributed by atoms with Gasteiger partial charge in [0.05, 0.1) is 31.4 Å². The minimum absolute atomic E-state index is 0.0899. The van der Waals surface area contributed by atoms with E-state index in [1.165, 1.54) is 12.3 Å². The highest BCUT2D eigenvalue weighted by Crippen LogP contribution is 2.28. The van der Waals surface area contributed by atoms with E-state index in [1.807, 2.05) is 6.07 Å². The molecule has 2 aromatic carbocycles. The maximum atomic E-state index is 13.1. The molecule has 8 heteroatoms. The van der Waals surface area contributed by atoms with Gasteiger partial charge in [-0.25, -0.2) is 9.66 Å². The summed E-state index contributed by atoms with van der Waals surface area (Å²) >= 11 is 0. The van der Waals surface area contributed by atoms with Crippen LogP contribution in [0.15, 0.2) is 70.1 Å². The van der Waals surface area contributed by atoms with E-state index in [2.05, 4.69) is 10.4 Å². The summed E-state index contributed by atoms with van der Waals surface area (Å²) in [5.74, 6) is 1.06. The Kier molecular flexibility index (Phi) is 5.21. The van der Waals surface area contributed by atoms with E-state index < -0.39 is 5.91 Å². The summed E-state index contributed by atoms with van der Waals surface area (Å²) in [4.78, 5) is 30.2. The summed E-state index contributed by atoms with van der Waals surface area (Å²) in [6, 6.07) is 15.5. The second-order valence-corrected chi connectivity index (χ2v) is 6.47. The van der Waals surface area contributed by atoms with Crippen LogP contribution in [0.1, 0.15) is 21.9 Å². The molecule has 0 spiro atoms. The molecule has 1 amide bonds. The average Bonchev–Trinajstić information content (AvgIpc) is 3.31. The molecule has 0 aliphatic carbocycles. The van der Waals surface area contributed by atoms with Crippen LogP contribution < -0.4 is 20.5 Å². The van der Waals surface area contributed by atoms with Gasteiger partial charge in [0, 0.05) is 6.42 Å². The number of fused-ring (bicyclic) bond motifs is 1. The fourth-order valence-electron chi connectivity index (χ4n) is 3.15. The molecule has 0 radical (unpaired) electrons. The summed E-state index contributed by atoms with van der Waals surface area (Å²) in [6.07, 6.45) is 1.67. The highest BCUT2D eigenvalue weighted by Gasteiger charge is 2.17. The highest BCUT2D eigenvalue weighted by molar-refractivity contribution is 5.97. The summed E-state index contributed by atoms with van der Waals surface area (Å²) in [6.45, 7) is 0. The van der Waals surface area contributed by atoms with Crippen molar-refractivity contribution in [1.82, 2.24) is 9.66 Å². The number of nitrogens with one attached hydrogen (secondary N) is 1. The van der Waals surface area contributed by atoms with Crippen LogP contribution >= 0.6 is 0 Å². The molecule has 0 saturated carbocycles. The van der Waals surface area contributed by atoms with Crippen LogP contribution in [0.3, 0.4) is 0 Å². The molecule has 0 aliphatic rings. The van der Waals surface area contributed by atoms with Crippen LogP contribution in [0.4, 0.5) is 0 Å². The number of amides is 1. The van der Waals surface area contributed by atoms with Gasteiger partial charge >= 0.3 is 5.91 Å². The van der Waals surface area contributed by atoms with Gasteiger partial charge in [-0.3, -0.25) is 15.0 Å². The standard InChI is InChI=1S/C22H19N3O5/c1-28-17-10-9-14(12-19(17)29-2)13-20-23-16-7-4-3-6-15(16)22(27)25(20)24-21(26)18-8-5-11-30-18/h3-12H,13H2,1-2H3,(H,24,26). The predicted octanol–water partition coefficient (Wildman–Crippen LogP) is 2.98. The number of benzene rings is 2. The monoisotopic (exact) mass is 405 g/mol. The first kappa shape index (κ1) is 19.3.